The Bertz CT molecular complexity index is 798. The molecule has 0 bridgehead atoms. The molecule has 0 aliphatic heterocycles. The Morgan fingerprint density at radius 1 is 0.826 bits per heavy atom. The third-order valence-electron chi connectivity index (χ3n) is 4.15. The molecule has 2 rings (SSSR count). The minimum Gasteiger partial charge on any atom is -0.221 e. The molecule has 0 amide bonds. The molecule has 0 aromatic heterocycles. The number of hydrogen-bond donors (Lipinski definition) is 0. The van der Waals surface area contributed by atoms with Crippen molar-refractivity contribution in [1.82, 2.24) is 0 Å². The van der Waals surface area contributed by atoms with Crippen molar-refractivity contribution < 1.29 is 8.42 Å². The quantitative estimate of drug-likeness (QED) is 0.715. The van der Waals surface area contributed by atoms with E-state index in [0.29, 0.717) is 11.1 Å². The summed E-state index contributed by atoms with van der Waals surface area (Å²) in [5.74, 6) is 0. The van der Waals surface area contributed by atoms with Crippen molar-refractivity contribution in [2.24, 2.45) is 0 Å². The monoisotopic (exact) mass is 350 g/mol. The van der Waals surface area contributed by atoms with Crippen LogP contribution < -0.4 is 0 Å². The summed E-state index contributed by atoms with van der Waals surface area (Å²) in [5.41, 5.74) is 2.43. The Labute approximate surface area is 144 Å². The van der Waals surface area contributed by atoms with E-state index in [1.165, 1.54) is 0 Å². The maximum atomic E-state index is 13.0. The predicted octanol–water partition coefficient (Wildman–Crippen LogP) is 5.18. The van der Waals surface area contributed by atoms with Gasteiger partial charge in [-0.15, -0.1) is 0 Å². The van der Waals surface area contributed by atoms with E-state index in [1.54, 1.807) is 32.0 Å². The van der Waals surface area contributed by atoms with Crippen molar-refractivity contribution in [2.75, 3.05) is 0 Å². The first-order valence-electron chi connectivity index (χ1n) is 7.58. The highest BCUT2D eigenvalue weighted by atomic mass is 35.5. The highest BCUT2D eigenvalue weighted by Crippen LogP contribution is 2.40. The maximum absolute atomic E-state index is 13.0. The van der Waals surface area contributed by atoms with Gasteiger partial charge in [0.2, 0.25) is 9.84 Å². The largest absolute Gasteiger partial charge is 0.221 e. The fourth-order valence-corrected chi connectivity index (χ4v) is 4.47. The van der Waals surface area contributed by atoms with Crippen LogP contribution in [0.3, 0.4) is 0 Å². The zero-order valence-electron chi connectivity index (χ0n) is 14.2. The molecule has 2 aromatic carbocycles. The average molecular weight is 351 g/mol. The van der Waals surface area contributed by atoms with Crippen molar-refractivity contribution in [3.8, 4) is 0 Å². The van der Waals surface area contributed by atoms with Crippen LogP contribution in [0.5, 0.6) is 0 Å². The lowest BCUT2D eigenvalue weighted by molar-refractivity contribution is 0.577. The van der Waals surface area contributed by atoms with Gasteiger partial charge in [0.1, 0.15) is 0 Å². The van der Waals surface area contributed by atoms with Gasteiger partial charge in [-0.05, 0) is 42.0 Å². The average Bonchev–Trinajstić information content (AvgIpc) is 2.46. The molecule has 1 unspecified atom stereocenters. The van der Waals surface area contributed by atoms with Crippen LogP contribution in [0.1, 0.15) is 44.4 Å². The molecule has 0 heterocycles. The molecule has 124 valence electrons. The summed E-state index contributed by atoms with van der Waals surface area (Å²) in [4.78, 5) is 0.275. The molecule has 0 saturated heterocycles. The van der Waals surface area contributed by atoms with Gasteiger partial charge in [0.15, 0.2) is 4.21 Å². The van der Waals surface area contributed by atoms with Crippen LogP contribution >= 0.6 is 11.6 Å². The topological polar surface area (TPSA) is 34.1 Å². The lowest BCUT2D eigenvalue weighted by atomic mass is 9.86. The first kappa shape index (κ1) is 18.0. The van der Waals surface area contributed by atoms with E-state index in [0.717, 1.165) is 5.56 Å². The van der Waals surface area contributed by atoms with Crippen molar-refractivity contribution in [3.63, 3.8) is 0 Å². The molecule has 1 atom stereocenters. The lowest BCUT2D eigenvalue weighted by Crippen LogP contribution is -2.27. The van der Waals surface area contributed by atoms with E-state index in [4.69, 9.17) is 11.6 Å². The van der Waals surface area contributed by atoms with Crippen LogP contribution in [-0.2, 0) is 19.5 Å². The second-order valence-electron chi connectivity index (χ2n) is 7.01. The van der Waals surface area contributed by atoms with Gasteiger partial charge < -0.3 is 0 Å². The van der Waals surface area contributed by atoms with Crippen molar-refractivity contribution >= 4 is 21.4 Å². The third-order valence-corrected chi connectivity index (χ3v) is 7.26. The van der Waals surface area contributed by atoms with Crippen LogP contribution in [0.4, 0.5) is 0 Å². The molecular formula is C19H23ClO2S. The smallest absolute Gasteiger partial charge is 0.202 e. The summed E-state index contributed by atoms with van der Waals surface area (Å²) in [6.45, 7) is 9.68. The number of rotatable bonds is 3. The summed E-state index contributed by atoms with van der Waals surface area (Å²) in [7, 11) is -3.71. The van der Waals surface area contributed by atoms with Crippen LogP contribution in [0.2, 0.25) is 0 Å². The molecule has 0 fully saturated rings. The Balaban J connectivity index is 2.51. The molecular weight excluding hydrogens is 328 g/mol. The Morgan fingerprint density at radius 3 is 1.78 bits per heavy atom. The van der Waals surface area contributed by atoms with Gasteiger partial charge in [-0.2, -0.15) is 0 Å². The summed E-state index contributed by atoms with van der Waals surface area (Å²) < 4.78 is 24.5. The van der Waals surface area contributed by atoms with E-state index in [-0.39, 0.29) is 10.3 Å². The zero-order valence-corrected chi connectivity index (χ0v) is 15.8. The molecule has 0 N–H and O–H groups in total. The minimum absolute atomic E-state index is 0.0101. The number of hydrogen-bond acceptors (Lipinski definition) is 2. The van der Waals surface area contributed by atoms with Crippen molar-refractivity contribution in [2.45, 2.75) is 49.1 Å². The van der Waals surface area contributed by atoms with Crippen LogP contribution in [-0.4, -0.2) is 8.42 Å². The maximum Gasteiger partial charge on any atom is 0.202 e. The lowest BCUT2D eigenvalue weighted by Gasteiger charge is -2.25. The van der Waals surface area contributed by atoms with Gasteiger partial charge in [0.25, 0.3) is 0 Å². The highest BCUT2D eigenvalue weighted by molar-refractivity contribution is 7.93. The normalized spacial score (nSPS) is 15.2. The fourth-order valence-electron chi connectivity index (χ4n) is 2.49. The first-order chi connectivity index (χ1) is 10.5. The first-order valence-corrected chi connectivity index (χ1v) is 9.44. The summed E-state index contributed by atoms with van der Waals surface area (Å²) in [6, 6.07) is 14.4. The predicted molar refractivity (Wildman–Crippen MR) is 96.7 cm³/mol. The SMILES string of the molecule is Cc1ccccc1S(=O)(=O)C(C)(Cl)c1ccc(C(C)(C)C)cc1. The molecule has 0 aliphatic rings. The number of benzene rings is 2. The molecule has 0 radical (unpaired) electrons. The van der Waals surface area contributed by atoms with Gasteiger partial charge in [-0.25, -0.2) is 8.42 Å². The van der Waals surface area contributed by atoms with Gasteiger partial charge in [0, 0.05) is 0 Å². The third kappa shape index (κ3) is 3.31. The Hall–Kier alpha value is -1.32. The van der Waals surface area contributed by atoms with E-state index in [1.807, 2.05) is 30.3 Å². The summed E-state index contributed by atoms with van der Waals surface area (Å²) >= 11 is 6.54. The molecule has 2 nitrogen and oxygen atoms in total. The number of sulfone groups is 1. The van der Waals surface area contributed by atoms with Crippen molar-refractivity contribution in [1.29, 1.82) is 0 Å². The minimum atomic E-state index is -3.71. The molecule has 0 spiro atoms. The second kappa shape index (κ2) is 5.95. The molecule has 0 aliphatic carbocycles. The van der Waals surface area contributed by atoms with Crippen LogP contribution in [0.25, 0.3) is 0 Å². The van der Waals surface area contributed by atoms with Crippen molar-refractivity contribution in [3.05, 3.63) is 65.2 Å². The number of aryl methyl sites for hydroxylation is 1. The van der Waals surface area contributed by atoms with Crippen LogP contribution in [0.15, 0.2) is 53.4 Å². The summed E-state index contributed by atoms with van der Waals surface area (Å²) in [6.07, 6.45) is 0. The molecule has 4 heteroatoms. The number of alkyl halides is 1. The van der Waals surface area contributed by atoms with Gasteiger partial charge in [-0.1, -0.05) is 74.8 Å². The van der Waals surface area contributed by atoms with E-state index < -0.39 is 14.0 Å². The standard InChI is InChI=1S/C19H23ClO2S/c1-14-8-6-7-9-17(14)23(21,22)19(5,20)16-12-10-15(11-13-16)18(2,3)4/h6-13H,1-5H3. The van der Waals surface area contributed by atoms with Gasteiger partial charge in [0.05, 0.1) is 4.90 Å². The zero-order chi connectivity index (χ0) is 17.5. The molecule has 23 heavy (non-hydrogen) atoms. The van der Waals surface area contributed by atoms with E-state index in [9.17, 15) is 8.42 Å². The molecule has 2 aromatic rings. The Morgan fingerprint density at radius 2 is 1.30 bits per heavy atom. The summed E-state index contributed by atoms with van der Waals surface area (Å²) in [5, 5.41) is 0. The van der Waals surface area contributed by atoms with Gasteiger partial charge >= 0.3 is 0 Å². The van der Waals surface area contributed by atoms with Crippen LogP contribution in [0, 0.1) is 6.92 Å². The van der Waals surface area contributed by atoms with E-state index in [2.05, 4.69) is 20.8 Å². The fraction of sp³-hybridized carbons (Fsp3) is 0.368. The van der Waals surface area contributed by atoms with E-state index >= 15 is 0 Å². The second-order valence-corrected chi connectivity index (χ2v) is 10.3. The molecule has 0 saturated carbocycles. The number of halogens is 1. The van der Waals surface area contributed by atoms with Gasteiger partial charge in [-0.3, -0.25) is 0 Å². The highest BCUT2D eigenvalue weighted by Gasteiger charge is 2.40. The Kier molecular flexibility index (Phi) is 4.67.